The molecule has 0 radical (unpaired) electrons. The van der Waals surface area contributed by atoms with Crippen LogP contribution < -0.4 is 5.32 Å². The van der Waals surface area contributed by atoms with Crippen molar-refractivity contribution >= 4 is 0 Å². The fourth-order valence-corrected chi connectivity index (χ4v) is 2.51. The molecule has 3 nitrogen and oxygen atoms in total. The van der Waals surface area contributed by atoms with Crippen molar-refractivity contribution < 1.29 is 8.78 Å². The maximum absolute atomic E-state index is 13.7. The summed E-state index contributed by atoms with van der Waals surface area (Å²) in [5.41, 5.74) is 1.89. The smallest absolute Gasteiger partial charge is 0.135 e. The van der Waals surface area contributed by atoms with Gasteiger partial charge in [-0.05, 0) is 44.1 Å². The number of hydrogen-bond acceptors (Lipinski definition) is 2. The lowest BCUT2D eigenvalue weighted by atomic mass is 9.94. The summed E-state index contributed by atoms with van der Waals surface area (Å²) in [7, 11) is 0. The molecule has 1 saturated heterocycles. The van der Waals surface area contributed by atoms with E-state index in [-0.39, 0.29) is 0 Å². The van der Waals surface area contributed by atoms with Gasteiger partial charge in [-0.3, -0.25) is 5.10 Å². The number of benzene rings is 1. The normalized spacial score (nSPS) is 16.7. The molecule has 0 unspecified atom stereocenters. The summed E-state index contributed by atoms with van der Waals surface area (Å²) in [5.74, 6) is -0.718. The van der Waals surface area contributed by atoms with E-state index < -0.39 is 11.6 Å². The molecule has 0 bridgehead atoms. The molecular formula is C14H15F2N3. The standard InChI is InChI=1S/C14H15F2N3/c15-10-1-2-11(12(16)7-10)14-8-13(18-19-14)9-3-5-17-6-4-9/h1-2,7-9,17H,3-6H2,(H,18,19). The number of H-pyrrole nitrogens is 1. The lowest BCUT2D eigenvalue weighted by Crippen LogP contribution is -2.26. The van der Waals surface area contributed by atoms with E-state index in [9.17, 15) is 8.78 Å². The lowest BCUT2D eigenvalue weighted by Gasteiger charge is -2.20. The third-order valence-corrected chi connectivity index (χ3v) is 3.58. The van der Waals surface area contributed by atoms with Gasteiger partial charge in [0.25, 0.3) is 0 Å². The first kappa shape index (κ1) is 12.3. The number of rotatable bonds is 2. The number of halogens is 2. The van der Waals surface area contributed by atoms with Crippen LogP contribution in [0.5, 0.6) is 0 Å². The number of nitrogens with zero attached hydrogens (tertiary/aromatic N) is 1. The van der Waals surface area contributed by atoms with Crippen LogP contribution >= 0.6 is 0 Å². The number of piperidine rings is 1. The van der Waals surface area contributed by atoms with Crippen LogP contribution in [0.2, 0.25) is 0 Å². The monoisotopic (exact) mass is 263 g/mol. The van der Waals surface area contributed by atoms with Gasteiger partial charge in [0.2, 0.25) is 0 Å². The zero-order valence-corrected chi connectivity index (χ0v) is 10.4. The average Bonchev–Trinajstić information content (AvgIpc) is 2.89. The van der Waals surface area contributed by atoms with Crippen LogP contribution in [-0.2, 0) is 0 Å². The van der Waals surface area contributed by atoms with Crippen molar-refractivity contribution in [2.45, 2.75) is 18.8 Å². The molecule has 1 aromatic carbocycles. The van der Waals surface area contributed by atoms with E-state index >= 15 is 0 Å². The van der Waals surface area contributed by atoms with E-state index in [4.69, 9.17) is 0 Å². The second kappa shape index (κ2) is 5.09. The van der Waals surface area contributed by atoms with E-state index in [2.05, 4.69) is 15.5 Å². The molecule has 1 fully saturated rings. The van der Waals surface area contributed by atoms with Crippen LogP contribution in [-0.4, -0.2) is 23.3 Å². The third-order valence-electron chi connectivity index (χ3n) is 3.58. The number of nitrogens with one attached hydrogen (secondary N) is 2. The van der Waals surface area contributed by atoms with Crippen molar-refractivity contribution in [2.75, 3.05) is 13.1 Å². The van der Waals surface area contributed by atoms with Crippen LogP contribution in [0.15, 0.2) is 24.3 Å². The van der Waals surface area contributed by atoms with E-state index in [1.165, 1.54) is 12.1 Å². The topological polar surface area (TPSA) is 40.7 Å². The first-order valence-electron chi connectivity index (χ1n) is 6.45. The zero-order valence-electron chi connectivity index (χ0n) is 10.4. The molecule has 0 atom stereocenters. The predicted octanol–water partition coefficient (Wildman–Crippen LogP) is 2.82. The number of aromatic nitrogens is 2. The van der Waals surface area contributed by atoms with Gasteiger partial charge in [0.05, 0.1) is 5.69 Å². The second-order valence-electron chi connectivity index (χ2n) is 4.86. The second-order valence-corrected chi connectivity index (χ2v) is 4.86. The highest BCUT2D eigenvalue weighted by Gasteiger charge is 2.18. The first-order chi connectivity index (χ1) is 9.24. The molecule has 1 aliphatic heterocycles. The minimum Gasteiger partial charge on any atom is -0.317 e. The summed E-state index contributed by atoms with van der Waals surface area (Å²) in [4.78, 5) is 0. The molecule has 0 saturated carbocycles. The van der Waals surface area contributed by atoms with Gasteiger partial charge in [0.15, 0.2) is 0 Å². The Morgan fingerprint density at radius 1 is 1.11 bits per heavy atom. The van der Waals surface area contributed by atoms with Crippen molar-refractivity contribution in [2.24, 2.45) is 0 Å². The minimum atomic E-state index is -0.580. The zero-order chi connectivity index (χ0) is 13.2. The van der Waals surface area contributed by atoms with Crippen LogP contribution in [0, 0.1) is 11.6 Å². The van der Waals surface area contributed by atoms with Crippen LogP contribution in [0.25, 0.3) is 11.3 Å². The Morgan fingerprint density at radius 2 is 1.89 bits per heavy atom. The molecule has 1 aromatic heterocycles. The van der Waals surface area contributed by atoms with Gasteiger partial charge in [0.1, 0.15) is 11.6 Å². The molecule has 100 valence electrons. The number of aromatic amines is 1. The predicted molar refractivity (Wildman–Crippen MR) is 68.8 cm³/mol. The van der Waals surface area contributed by atoms with Gasteiger partial charge in [-0.1, -0.05) is 0 Å². The van der Waals surface area contributed by atoms with Crippen molar-refractivity contribution in [1.82, 2.24) is 15.5 Å². The van der Waals surface area contributed by atoms with Gasteiger partial charge in [-0.15, -0.1) is 0 Å². The Labute approximate surface area is 110 Å². The molecule has 0 spiro atoms. The Kier molecular flexibility index (Phi) is 3.29. The molecule has 2 heterocycles. The highest BCUT2D eigenvalue weighted by molar-refractivity contribution is 5.60. The summed E-state index contributed by atoms with van der Waals surface area (Å²) in [6.45, 7) is 1.98. The summed E-state index contributed by atoms with van der Waals surface area (Å²) in [6, 6.07) is 5.42. The van der Waals surface area contributed by atoms with Crippen LogP contribution in [0.1, 0.15) is 24.5 Å². The lowest BCUT2D eigenvalue weighted by molar-refractivity contribution is 0.453. The summed E-state index contributed by atoms with van der Waals surface area (Å²) in [6.07, 6.45) is 2.10. The molecular weight excluding hydrogens is 248 g/mol. The van der Waals surface area contributed by atoms with Crippen LogP contribution in [0.4, 0.5) is 8.78 Å². The molecule has 19 heavy (non-hydrogen) atoms. The first-order valence-corrected chi connectivity index (χ1v) is 6.45. The van der Waals surface area contributed by atoms with Gasteiger partial charge in [-0.25, -0.2) is 8.78 Å². The maximum Gasteiger partial charge on any atom is 0.135 e. The van der Waals surface area contributed by atoms with Crippen molar-refractivity contribution in [1.29, 1.82) is 0 Å². The highest BCUT2D eigenvalue weighted by Crippen LogP contribution is 2.28. The van der Waals surface area contributed by atoms with Crippen molar-refractivity contribution in [3.05, 3.63) is 41.6 Å². The largest absolute Gasteiger partial charge is 0.317 e. The Balaban J connectivity index is 1.87. The van der Waals surface area contributed by atoms with E-state index in [1.54, 1.807) is 0 Å². The van der Waals surface area contributed by atoms with Gasteiger partial charge in [0, 0.05) is 23.2 Å². The summed E-state index contributed by atoms with van der Waals surface area (Å²) < 4.78 is 26.6. The fraction of sp³-hybridized carbons (Fsp3) is 0.357. The highest BCUT2D eigenvalue weighted by atomic mass is 19.1. The van der Waals surface area contributed by atoms with E-state index in [0.29, 0.717) is 17.2 Å². The molecule has 3 rings (SSSR count). The molecule has 0 amide bonds. The van der Waals surface area contributed by atoms with Crippen molar-refractivity contribution in [3.8, 4) is 11.3 Å². The Bertz CT molecular complexity index is 574. The van der Waals surface area contributed by atoms with Crippen LogP contribution in [0.3, 0.4) is 0 Å². The summed E-state index contributed by atoms with van der Waals surface area (Å²) in [5, 5.41) is 10.4. The number of hydrogen-bond donors (Lipinski definition) is 2. The van der Waals surface area contributed by atoms with E-state index in [0.717, 1.165) is 37.7 Å². The average molecular weight is 263 g/mol. The van der Waals surface area contributed by atoms with Gasteiger partial charge < -0.3 is 5.32 Å². The van der Waals surface area contributed by atoms with Crippen molar-refractivity contribution in [3.63, 3.8) is 0 Å². The maximum atomic E-state index is 13.7. The quantitative estimate of drug-likeness (QED) is 0.874. The third kappa shape index (κ3) is 2.51. The molecule has 2 N–H and O–H groups in total. The minimum absolute atomic E-state index is 0.331. The Hall–Kier alpha value is -1.75. The SMILES string of the molecule is Fc1ccc(-c2cc(C3CCNCC3)[nH]n2)c(F)c1. The summed E-state index contributed by atoms with van der Waals surface area (Å²) >= 11 is 0. The van der Waals surface area contributed by atoms with Gasteiger partial charge >= 0.3 is 0 Å². The molecule has 0 aliphatic carbocycles. The van der Waals surface area contributed by atoms with Gasteiger partial charge in [-0.2, -0.15) is 5.10 Å². The molecule has 2 aromatic rings. The molecule has 5 heteroatoms. The van der Waals surface area contributed by atoms with E-state index in [1.807, 2.05) is 6.07 Å². The fourth-order valence-electron chi connectivity index (χ4n) is 2.51. The Morgan fingerprint density at radius 3 is 2.63 bits per heavy atom. The molecule has 1 aliphatic rings.